The number of para-hydroxylation sites is 1. The molecule has 1 aromatic carbocycles. The quantitative estimate of drug-likeness (QED) is 0.672. The lowest BCUT2D eigenvalue weighted by Crippen LogP contribution is -2.07. The number of halogens is 1. The second-order valence-electron chi connectivity index (χ2n) is 4.13. The predicted octanol–water partition coefficient (Wildman–Crippen LogP) is 2.87. The molecule has 1 aromatic rings. The van der Waals surface area contributed by atoms with Gasteiger partial charge < -0.3 is 5.32 Å². The number of benzene rings is 1. The highest BCUT2D eigenvalue weighted by molar-refractivity contribution is 5.85. The van der Waals surface area contributed by atoms with Gasteiger partial charge in [-0.1, -0.05) is 18.2 Å². The van der Waals surface area contributed by atoms with E-state index >= 15 is 0 Å². The molecular weight excluding hydrogens is 182 g/mol. The molecule has 70 valence electrons. The van der Waals surface area contributed by atoms with Crippen LogP contribution >= 0.6 is 12.4 Å². The van der Waals surface area contributed by atoms with Gasteiger partial charge in [-0.3, -0.25) is 0 Å². The normalized spacial score (nSPS) is 20.4. The van der Waals surface area contributed by atoms with Crippen LogP contribution in [-0.2, 0) is 5.41 Å². The second kappa shape index (κ2) is 2.65. The maximum Gasteiger partial charge on any atom is 0.0409 e. The molecule has 0 aromatic heterocycles. The van der Waals surface area contributed by atoms with Crippen molar-refractivity contribution in [3.8, 4) is 0 Å². The zero-order valence-electron chi connectivity index (χ0n) is 7.76. The van der Waals surface area contributed by atoms with Crippen LogP contribution in [0.5, 0.6) is 0 Å². The molecule has 0 radical (unpaired) electrons. The Hall–Kier alpha value is -0.690. The highest BCUT2D eigenvalue weighted by Gasteiger charge is 2.48. The molecule has 0 bridgehead atoms. The second-order valence-corrected chi connectivity index (χ2v) is 4.13. The molecule has 3 rings (SSSR count). The maximum atomic E-state index is 3.52. The minimum Gasteiger partial charge on any atom is -0.384 e. The number of hydrogen-bond donors (Lipinski definition) is 1. The van der Waals surface area contributed by atoms with Crippen LogP contribution in [0.2, 0.25) is 0 Å². The zero-order valence-corrected chi connectivity index (χ0v) is 8.58. The summed E-state index contributed by atoms with van der Waals surface area (Å²) in [5.41, 5.74) is 4.94. The number of rotatable bonds is 0. The van der Waals surface area contributed by atoms with Gasteiger partial charge in [-0.2, -0.15) is 0 Å². The smallest absolute Gasteiger partial charge is 0.0409 e. The highest BCUT2D eigenvalue weighted by atomic mass is 35.5. The number of nitrogens with one attached hydrogen (secondary N) is 1. The van der Waals surface area contributed by atoms with E-state index in [1.54, 1.807) is 5.56 Å². The summed E-state index contributed by atoms with van der Waals surface area (Å²) >= 11 is 0. The van der Waals surface area contributed by atoms with Crippen molar-refractivity contribution in [1.82, 2.24) is 0 Å². The van der Waals surface area contributed by atoms with Crippen LogP contribution in [0.3, 0.4) is 0 Å². The van der Waals surface area contributed by atoms with Gasteiger partial charge in [0.1, 0.15) is 0 Å². The summed E-state index contributed by atoms with van der Waals surface area (Å²) in [6.07, 6.45) is 2.77. The van der Waals surface area contributed by atoms with Gasteiger partial charge in [0.15, 0.2) is 0 Å². The largest absolute Gasteiger partial charge is 0.384 e. The molecule has 13 heavy (non-hydrogen) atoms. The van der Waals surface area contributed by atoms with E-state index < -0.39 is 0 Å². The minimum absolute atomic E-state index is 0. The Kier molecular flexibility index (Phi) is 1.81. The molecule has 1 N–H and O–H groups in total. The molecule has 1 spiro atoms. The molecule has 1 aliphatic heterocycles. The summed E-state index contributed by atoms with van der Waals surface area (Å²) in [5.74, 6) is 0. The van der Waals surface area contributed by atoms with Gasteiger partial charge in [-0.25, -0.2) is 0 Å². The zero-order chi connectivity index (χ0) is 8.18. The predicted molar refractivity (Wildman–Crippen MR) is 57.8 cm³/mol. The average Bonchev–Trinajstić information content (AvgIpc) is 2.73. The van der Waals surface area contributed by atoms with Gasteiger partial charge in [0.2, 0.25) is 0 Å². The molecule has 0 atom stereocenters. The third-order valence-electron chi connectivity index (χ3n) is 3.30. The number of anilines is 1. The molecule has 1 nitrogen and oxygen atoms in total. The van der Waals surface area contributed by atoms with Crippen molar-refractivity contribution in [2.24, 2.45) is 0 Å². The molecule has 2 heteroatoms. The fourth-order valence-electron chi connectivity index (χ4n) is 2.29. The van der Waals surface area contributed by atoms with Crippen LogP contribution < -0.4 is 5.32 Å². The molecule has 0 unspecified atom stereocenters. The van der Waals surface area contributed by atoms with Crippen LogP contribution in [0.15, 0.2) is 18.2 Å². The number of aryl methyl sites for hydroxylation is 1. The molecule has 2 aliphatic rings. The Bertz CT molecular complexity index is 342. The summed E-state index contributed by atoms with van der Waals surface area (Å²) < 4.78 is 0. The summed E-state index contributed by atoms with van der Waals surface area (Å²) in [7, 11) is 0. The lowest BCUT2D eigenvalue weighted by atomic mass is 9.97. The first-order valence-electron chi connectivity index (χ1n) is 4.66. The summed E-state index contributed by atoms with van der Waals surface area (Å²) in [4.78, 5) is 0. The number of hydrogen-bond acceptors (Lipinski definition) is 1. The van der Waals surface area contributed by atoms with E-state index in [1.165, 1.54) is 30.6 Å². The van der Waals surface area contributed by atoms with Crippen LogP contribution in [-0.4, -0.2) is 6.54 Å². The van der Waals surface area contributed by atoms with Crippen molar-refractivity contribution in [2.75, 3.05) is 11.9 Å². The van der Waals surface area contributed by atoms with Gasteiger partial charge in [0.25, 0.3) is 0 Å². The average molecular weight is 196 g/mol. The van der Waals surface area contributed by atoms with Crippen LogP contribution in [0.4, 0.5) is 5.69 Å². The Balaban J connectivity index is 0.000000653. The Morgan fingerprint density at radius 3 is 2.77 bits per heavy atom. The Morgan fingerprint density at radius 2 is 2.08 bits per heavy atom. The molecular formula is C11H14ClN. The van der Waals surface area contributed by atoms with Gasteiger partial charge >= 0.3 is 0 Å². The molecule has 1 saturated carbocycles. The molecule has 1 heterocycles. The van der Waals surface area contributed by atoms with Gasteiger partial charge in [0.05, 0.1) is 0 Å². The fourth-order valence-corrected chi connectivity index (χ4v) is 2.29. The summed E-state index contributed by atoms with van der Waals surface area (Å²) in [6, 6.07) is 6.66. The van der Waals surface area contributed by atoms with E-state index in [-0.39, 0.29) is 12.4 Å². The molecule has 1 fully saturated rings. The first-order chi connectivity index (χ1) is 5.82. The first kappa shape index (κ1) is 8.89. The van der Waals surface area contributed by atoms with Crippen molar-refractivity contribution in [2.45, 2.75) is 25.2 Å². The van der Waals surface area contributed by atoms with Crippen molar-refractivity contribution in [3.05, 3.63) is 29.3 Å². The van der Waals surface area contributed by atoms with Crippen LogP contribution in [0, 0.1) is 6.92 Å². The third kappa shape index (κ3) is 1.07. The lowest BCUT2D eigenvalue weighted by molar-refractivity contribution is 0.778. The topological polar surface area (TPSA) is 12.0 Å². The maximum absolute atomic E-state index is 3.52. The SMILES string of the molecule is Cc1cccc2c1NCC21CC1.Cl. The standard InChI is InChI=1S/C11H13N.ClH/c1-8-3-2-4-9-10(8)12-7-11(9)5-6-11;/h2-4,12H,5-7H2,1H3;1H. The van der Waals surface area contributed by atoms with Gasteiger partial charge in [-0.15, -0.1) is 12.4 Å². The van der Waals surface area contributed by atoms with Crippen molar-refractivity contribution in [3.63, 3.8) is 0 Å². The van der Waals surface area contributed by atoms with Crippen LogP contribution in [0.25, 0.3) is 0 Å². The molecule has 0 amide bonds. The van der Waals surface area contributed by atoms with Gasteiger partial charge in [0, 0.05) is 17.6 Å². The fraction of sp³-hybridized carbons (Fsp3) is 0.455. The van der Waals surface area contributed by atoms with Gasteiger partial charge in [-0.05, 0) is 30.9 Å². The van der Waals surface area contributed by atoms with E-state index in [2.05, 4.69) is 30.4 Å². The lowest BCUT2D eigenvalue weighted by Gasteiger charge is -2.05. The minimum atomic E-state index is 0. The first-order valence-corrected chi connectivity index (χ1v) is 4.66. The Labute approximate surface area is 84.9 Å². The van der Waals surface area contributed by atoms with Crippen LogP contribution in [0.1, 0.15) is 24.0 Å². The van der Waals surface area contributed by atoms with E-state index in [0.29, 0.717) is 5.41 Å². The van der Waals surface area contributed by atoms with Crippen molar-refractivity contribution < 1.29 is 0 Å². The summed E-state index contributed by atoms with van der Waals surface area (Å²) in [5, 5.41) is 3.52. The summed E-state index contributed by atoms with van der Waals surface area (Å²) in [6.45, 7) is 3.36. The monoisotopic (exact) mass is 195 g/mol. The van der Waals surface area contributed by atoms with E-state index in [0.717, 1.165) is 0 Å². The molecule has 0 saturated heterocycles. The molecule has 1 aliphatic carbocycles. The highest BCUT2D eigenvalue weighted by Crippen LogP contribution is 2.54. The number of fused-ring (bicyclic) bond motifs is 2. The van der Waals surface area contributed by atoms with E-state index in [4.69, 9.17) is 0 Å². The van der Waals surface area contributed by atoms with E-state index in [1.807, 2.05) is 0 Å². The third-order valence-corrected chi connectivity index (χ3v) is 3.30. The Morgan fingerprint density at radius 1 is 1.31 bits per heavy atom. The van der Waals surface area contributed by atoms with Crippen molar-refractivity contribution in [1.29, 1.82) is 0 Å². The van der Waals surface area contributed by atoms with Crippen molar-refractivity contribution >= 4 is 18.1 Å². The van der Waals surface area contributed by atoms with E-state index in [9.17, 15) is 0 Å².